The average Bonchev–Trinajstić information content (AvgIpc) is 2.82. The van der Waals surface area contributed by atoms with E-state index in [2.05, 4.69) is 5.32 Å². The minimum atomic E-state index is -0.106. The summed E-state index contributed by atoms with van der Waals surface area (Å²) >= 11 is 0. The maximum Gasteiger partial charge on any atom is 0.255 e. The van der Waals surface area contributed by atoms with Crippen LogP contribution in [0.4, 0.5) is 0 Å². The van der Waals surface area contributed by atoms with Gasteiger partial charge in [0.05, 0.1) is 18.4 Å². The molecule has 1 aliphatic heterocycles. The molecular weight excluding hydrogens is 218 g/mol. The van der Waals surface area contributed by atoms with Crippen LogP contribution in [0.5, 0.6) is 5.75 Å². The molecule has 0 bridgehead atoms. The van der Waals surface area contributed by atoms with Gasteiger partial charge >= 0.3 is 0 Å². The molecule has 1 N–H and O–H groups in total. The van der Waals surface area contributed by atoms with E-state index < -0.39 is 0 Å². The maximum atomic E-state index is 11.8. The highest BCUT2D eigenvalue weighted by Crippen LogP contribution is 2.27. The Balaban J connectivity index is 2.08. The van der Waals surface area contributed by atoms with Crippen molar-refractivity contribution < 1.29 is 13.9 Å². The van der Waals surface area contributed by atoms with Crippen molar-refractivity contribution in [3.8, 4) is 17.1 Å². The minimum Gasteiger partial charge on any atom is -0.491 e. The summed E-state index contributed by atoms with van der Waals surface area (Å²) in [4.78, 5) is 11.8. The van der Waals surface area contributed by atoms with Crippen LogP contribution in [0.15, 0.2) is 41.0 Å². The molecule has 1 aromatic heterocycles. The fraction of sp³-hybridized carbons (Fsp3) is 0.154. The molecular formula is C13H11NO3. The molecule has 0 aliphatic carbocycles. The molecule has 4 nitrogen and oxygen atoms in total. The molecule has 0 radical (unpaired) electrons. The molecule has 2 heterocycles. The van der Waals surface area contributed by atoms with Crippen molar-refractivity contribution in [3.05, 3.63) is 42.2 Å². The van der Waals surface area contributed by atoms with Crippen LogP contribution in [0.1, 0.15) is 10.4 Å². The molecule has 2 aromatic rings. The second kappa shape index (κ2) is 3.97. The fourth-order valence-electron chi connectivity index (χ4n) is 1.85. The van der Waals surface area contributed by atoms with Gasteiger partial charge in [0.25, 0.3) is 5.91 Å². The first kappa shape index (κ1) is 9.96. The number of fused-ring (bicyclic) bond motifs is 1. The van der Waals surface area contributed by atoms with Crippen molar-refractivity contribution in [1.29, 1.82) is 0 Å². The number of hydrogen-bond acceptors (Lipinski definition) is 3. The molecule has 17 heavy (non-hydrogen) atoms. The van der Waals surface area contributed by atoms with Crippen molar-refractivity contribution in [2.75, 3.05) is 13.2 Å². The summed E-state index contributed by atoms with van der Waals surface area (Å²) in [5.41, 5.74) is 1.42. The quantitative estimate of drug-likeness (QED) is 0.814. The van der Waals surface area contributed by atoms with Crippen LogP contribution in [-0.2, 0) is 0 Å². The second-order valence-corrected chi connectivity index (χ2v) is 3.79. The molecule has 0 fully saturated rings. The van der Waals surface area contributed by atoms with E-state index in [1.54, 1.807) is 18.4 Å². The minimum absolute atomic E-state index is 0.106. The second-order valence-electron chi connectivity index (χ2n) is 3.79. The molecule has 3 rings (SSSR count). The third kappa shape index (κ3) is 1.78. The zero-order valence-corrected chi connectivity index (χ0v) is 9.10. The van der Waals surface area contributed by atoms with Gasteiger partial charge in [-0.3, -0.25) is 4.79 Å². The Morgan fingerprint density at radius 1 is 1.24 bits per heavy atom. The van der Waals surface area contributed by atoms with Gasteiger partial charge in [-0.05, 0) is 30.3 Å². The smallest absolute Gasteiger partial charge is 0.255 e. The number of carbonyl (C=O) groups is 1. The van der Waals surface area contributed by atoms with Gasteiger partial charge in [0.1, 0.15) is 18.1 Å². The lowest BCUT2D eigenvalue weighted by Gasteiger charge is -2.06. The summed E-state index contributed by atoms with van der Waals surface area (Å²) in [6.07, 6.45) is 1.61. The summed E-state index contributed by atoms with van der Waals surface area (Å²) in [5.74, 6) is 1.26. The summed E-state index contributed by atoms with van der Waals surface area (Å²) in [7, 11) is 0. The van der Waals surface area contributed by atoms with Gasteiger partial charge in [0.15, 0.2) is 0 Å². The largest absolute Gasteiger partial charge is 0.491 e. The first-order chi connectivity index (χ1) is 8.34. The summed E-state index contributed by atoms with van der Waals surface area (Å²) < 4.78 is 10.8. The highest BCUT2D eigenvalue weighted by atomic mass is 16.5. The Hall–Kier alpha value is -2.23. The van der Waals surface area contributed by atoms with Gasteiger partial charge in [-0.2, -0.15) is 0 Å². The van der Waals surface area contributed by atoms with Crippen molar-refractivity contribution >= 4 is 5.91 Å². The Kier molecular flexibility index (Phi) is 2.33. The number of ether oxygens (including phenoxy) is 1. The highest BCUT2D eigenvalue weighted by Gasteiger charge is 2.17. The number of nitrogens with one attached hydrogen (secondary N) is 1. The molecule has 86 valence electrons. The number of hydrogen-bond donors (Lipinski definition) is 1. The third-order valence-electron chi connectivity index (χ3n) is 2.68. The topological polar surface area (TPSA) is 51.5 Å². The molecule has 1 amide bonds. The normalized spacial score (nSPS) is 14.5. The molecule has 0 unspecified atom stereocenters. The van der Waals surface area contributed by atoms with Crippen LogP contribution in [0.3, 0.4) is 0 Å². The fourth-order valence-corrected chi connectivity index (χ4v) is 1.85. The standard InChI is InChI=1S/C13H11NO3/c15-13-10-8-9(11-2-1-6-16-11)3-4-12(10)17-7-5-14-13/h1-4,6,8H,5,7H2,(H,14,15). The maximum absolute atomic E-state index is 11.8. The number of benzene rings is 1. The van der Waals surface area contributed by atoms with Gasteiger partial charge < -0.3 is 14.5 Å². The highest BCUT2D eigenvalue weighted by molar-refractivity contribution is 5.98. The van der Waals surface area contributed by atoms with Gasteiger partial charge in [-0.15, -0.1) is 0 Å². The van der Waals surface area contributed by atoms with Gasteiger partial charge in [-0.25, -0.2) is 0 Å². The van der Waals surface area contributed by atoms with Crippen LogP contribution in [0, 0.1) is 0 Å². The van der Waals surface area contributed by atoms with Crippen LogP contribution in [0.25, 0.3) is 11.3 Å². The van der Waals surface area contributed by atoms with E-state index >= 15 is 0 Å². The number of furan rings is 1. The third-order valence-corrected chi connectivity index (χ3v) is 2.68. The molecule has 4 heteroatoms. The van der Waals surface area contributed by atoms with E-state index in [1.807, 2.05) is 18.2 Å². The molecule has 0 spiro atoms. The monoisotopic (exact) mass is 229 g/mol. The predicted octanol–water partition coefficient (Wildman–Crippen LogP) is 2.07. The zero-order chi connectivity index (χ0) is 11.7. The summed E-state index contributed by atoms with van der Waals surface area (Å²) in [5, 5.41) is 2.78. The lowest BCUT2D eigenvalue weighted by molar-refractivity contribution is 0.0957. The van der Waals surface area contributed by atoms with Crippen molar-refractivity contribution in [1.82, 2.24) is 5.32 Å². The van der Waals surface area contributed by atoms with Crippen molar-refractivity contribution in [2.24, 2.45) is 0 Å². The Morgan fingerprint density at radius 2 is 2.18 bits per heavy atom. The average molecular weight is 229 g/mol. The van der Waals surface area contributed by atoms with Crippen molar-refractivity contribution in [2.45, 2.75) is 0 Å². The number of carbonyl (C=O) groups excluding carboxylic acids is 1. The Bertz CT molecular complexity index is 546. The number of amides is 1. The number of rotatable bonds is 1. The van der Waals surface area contributed by atoms with E-state index in [4.69, 9.17) is 9.15 Å². The van der Waals surface area contributed by atoms with Gasteiger partial charge in [0.2, 0.25) is 0 Å². The molecule has 1 aliphatic rings. The van der Waals surface area contributed by atoms with E-state index in [9.17, 15) is 4.79 Å². The molecule has 0 atom stereocenters. The van der Waals surface area contributed by atoms with Crippen LogP contribution >= 0.6 is 0 Å². The molecule has 0 saturated carbocycles. The van der Waals surface area contributed by atoms with Crippen LogP contribution in [-0.4, -0.2) is 19.1 Å². The SMILES string of the molecule is O=C1NCCOc2ccc(-c3ccco3)cc21. The van der Waals surface area contributed by atoms with E-state index in [1.165, 1.54) is 0 Å². The van der Waals surface area contributed by atoms with Gasteiger partial charge in [0, 0.05) is 5.56 Å². The van der Waals surface area contributed by atoms with Gasteiger partial charge in [-0.1, -0.05) is 0 Å². The van der Waals surface area contributed by atoms with E-state index in [0.29, 0.717) is 24.5 Å². The van der Waals surface area contributed by atoms with Crippen LogP contribution in [0.2, 0.25) is 0 Å². The summed E-state index contributed by atoms with van der Waals surface area (Å²) in [6.45, 7) is 1.03. The molecule has 1 aromatic carbocycles. The first-order valence-corrected chi connectivity index (χ1v) is 5.43. The van der Waals surface area contributed by atoms with Crippen molar-refractivity contribution in [3.63, 3.8) is 0 Å². The summed E-state index contributed by atoms with van der Waals surface area (Å²) in [6, 6.07) is 9.15. The first-order valence-electron chi connectivity index (χ1n) is 5.43. The molecule has 0 saturated heterocycles. The van der Waals surface area contributed by atoms with E-state index in [0.717, 1.165) is 11.3 Å². The van der Waals surface area contributed by atoms with E-state index in [-0.39, 0.29) is 5.91 Å². The zero-order valence-electron chi connectivity index (χ0n) is 9.10. The Morgan fingerprint density at radius 3 is 3.00 bits per heavy atom. The van der Waals surface area contributed by atoms with Crippen LogP contribution < -0.4 is 10.1 Å². The lowest BCUT2D eigenvalue weighted by atomic mass is 10.1. The lowest BCUT2D eigenvalue weighted by Crippen LogP contribution is -2.24. The predicted molar refractivity (Wildman–Crippen MR) is 62.0 cm³/mol. The Labute approximate surface area is 98.2 Å².